The van der Waals surface area contributed by atoms with Gasteiger partial charge in [-0.15, -0.1) is 0 Å². The molecule has 0 fully saturated rings. The van der Waals surface area contributed by atoms with Crippen LogP contribution in [0.4, 0.5) is 0 Å². The van der Waals surface area contributed by atoms with Crippen LogP contribution in [0.15, 0.2) is 0 Å². The fraction of sp³-hybridized carbons (Fsp3) is 0.875. The molecule has 0 aromatic heterocycles. The Labute approximate surface area is 88.1 Å². The first-order chi connectivity index (χ1) is 6.95. The van der Waals surface area contributed by atoms with E-state index in [-0.39, 0.29) is 6.29 Å². The van der Waals surface area contributed by atoms with Gasteiger partial charge in [0.05, 0.1) is 12.6 Å². The molecule has 0 spiro atoms. The van der Waals surface area contributed by atoms with E-state index in [0.717, 1.165) is 0 Å². The Kier molecular flexibility index (Phi) is 11.2. The van der Waals surface area contributed by atoms with Crippen molar-refractivity contribution in [3.63, 3.8) is 0 Å². The molecule has 0 aliphatic carbocycles. The number of aldehydes is 1. The molecule has 0 saturated heterocycles. The first-order valence-electron chi connectivity index (χ1n) is 4.22. The molecule has 0 amide bonds. The Hall–Kier alpha value is -0.570. The van der Waals surface area contributed by atoms with Gasteiger partial charge in [-0.2, -0.15) is 0 Å². The third-order valence-corrected chi connectivity index (χ3v) is 1.48. The van der Waals surface area contributed by atoms with Crippen LogP contribution in [-0.2, 0) is 9.53 Å². The monoisotopic (exact) mass is 225 g/mol. The van der Waals surface area contributed by atoms with Crippen molar-refractivity contribution < 1.29 is 30.0 Å². The van der Waals surface area contributed by atoms with Crippen LogP contribution in [0.2, 0.25) is 0 Å². The van der Waals surface area contributed by atoms with Crippen LogP contribution in [0.3, 0.4) is 0 Å². The lowest BCUT2D eigenvalue weighted by atomic mass is 10.0. The van der Waals surface area contributed by atoms with Crippen LogP contribution in [0.25, 0.3) is 0 Å². The summed E-state index contributed by atoms with van der Waals surface area (Å²) in [6.45, 7) is -0.705. The summed E-state index contributed by atoms with van der Waals surface area (Å²) in [5.41, 5.74) is 5.04. The maximum Gasteiger partial charge on any atom is 0.139 e. The molecule has 0 aliphatic heterocycles. The molecule has 6 N–H and O–H groups in total. The Balaban J connectivity index is 0. The molecular formula is C8H19NO6. The van der Waals surface area contributed by atoms with Crippen molar-refractivity contribution in [1.29, 1.82) is 0 Å². The summed E-state index contributed by atoms with van der Waals surface area (Å²) in [5, 5.41) is 35.2. The standard InChI is InChI=1S/C6H13NO5.C2H6O/c7-3(1-8)5(11)6(12)4(10)2-9;1-3-2/h1,3-6,9-12H,2,7H2;1-2H3/t3-,4+,5+,6+;/m0./s1. The van der Waals surface area contributed by atoms with E-state index in [1.54, 1.807) is 14.2 Å². The lowest BCUT2D eigenvalue weighted by molar-refractivity contribution is -0.118. The van der Waals surface area contributed by atoms with Gasteiger partial charge < -0.3 is 35.7 Å². The number of hydrogen-bond donors (Lipinski definition) is 5. The first-order valence-corrected chi connectivity index (χ1v) is 4.22. The van der Waals surface area contributed by atoms with Gasteiger partial charge in [0.15, 0.2) is 0 Å². The number of aliphatic hydroxyl groups excluding tert-OH is 4. The predicted molar refractivity (Wildman–Crippen MR) is 52.1 cm³/mol. The summed E-state index contributed by atoms with van der Waals surface area (Å²) in [4.78, 5) is 10.0. The Morgan fingerprint density at radius 3 is 1.93 bits per heavy atom. The smallest absolute Gasteiger partial charge is 0.139 e. The third-order valence-electron chi connectivity index (χ3n) is 1.48. The van der Waals surface area contributed by atoms with Crippen molar-refractivity contribution >= 4 is 6.29 Å². The van der Waals surface area contributed by atoms with Crippen LogP contribution in [-0.4, -0.2) is 71.9 Å². The number of aliphatic hydroxyl groups is 4. The van der Waals surface area contributed by atoms with Crippen molar-refractivity contribution in [2.24, 2.45) is 5.73 Å². The lowest BCUT2D eigenvalue weighted by Gasteiger charge is -2.23. The molecule has 0 heterocycles. The number of ether oxygens (including phenoxy) is 1. The van der Waals surface area contributed by atoms with E-state index in [1.165, 1.54) is 0 Å². The van der Waals surface area contributed by atoms with E-state index in [2.05, 4.69) is 4.74 Å². The quantitative estimate of drug-likeness (QED) is 0.312. The van der Waals surface area contributed by atoms with E-state index < -0.39 is 31.0 Å². The molecule has 0 aromatic carbocycles. The minimum absolute atomic E-state index is 0.248. The van der Waals surface area contributed by atoms with Gasteiger partial charge in [-0.1, -0.05) is 0 Å². The maximum absolute atomic E-state index is 10.0. The highest BCUT2D eigenvalue weighted by molar-refractivity contribution is 5.58. The molecule has 0 bridgehead atoms. The zero-order chi connectivity index (χ0) is 12.4. The van der Waals surface area contributed by atoms with Gasteiger partial charge in [0, 0.05) is 14.2 Å². The van der Waals surface area contributed by atoms with Crippen LogP contribution >= 0.6 is 0 Å². The van der Waals surface area contributed by atoms with Crippen molar-refractivity contribution in [1.82, 2.24) is 0 Å². The van der Waals surface area contributed by atoms with Crippen LogP contribution in [0.1, 0.15) is 0 Å². The fourth-order valence-electron chi connectivity index (χ4n) is 0.644. The van der Waals surface area contributed by atoms with Crippen LogP contribution < -0.4 is 5.73 Å². The van der Waals surface area contributed by atoms with Gasteiger partial charge in [0.2, 0.25) is 0 Å². The van der Waals surface area contributed by atoms with Gasteiger partial charge in [-0.25, -0.2) is 0 Å². The lowest BCUT2D eigenvalue weighted by Crippen LogP contribution is -2.49. The summed E-state index contributed by atoms with van der Waals surface area (Å²) in [5.74, 6) is 0. The number of methoxy groups -OCH3 is 1. The van der Waals surface area contributed by atoms with Gasteiger partial charge in [0.1, 0.15) is 24.6 Å². The molecule has 0 rings (SSSR count). The van der Waals surface area contributed by atoms with E-state index >= 15 is 0 Å². The van der Waals surface area contributed by atoms with Crippen LogP contribution in [0.5, 0.6) is 0 Å². The van der Waals surface area contributed by atoms with Gasteiger partial charge in [-0.05, 0) is 0 Å². The summed E-state index contributed by atoms with van der Waals surface area (Å²) >= 11 is 0. The van der Waals surface area contributed by atoms with Gasteiger partial charge in [-0.3, -0.25) is 0 Å². The topological polar surface area (TPSA) is 133 Å². The predicted octanol–water partition coefficient (Wildman–Crippen LogP) is -3.15. The largest absolute Gasteiger partial charge is 0.394 e. The molecule has 15 heavy (non-hydrogen) atoms. The minimum Gasteiger partial charge on any atom is -0.394 e. The van der Waals surface area contributed by atoms with Crippen LogP contribution in [0, 0.1) is 0 Å². The summed E-state index contributed by atoms with van der Waals surface area (Å²) in [7, 11) is 3.25. The Bertz CT molecular complexity index is 156. The molecular weight excluding hydrogens is 206 g/mol. The van der Waals surface area contributed by atoms with Crippen molar-refractivity contribution in [2.45, 2.75) is 24.4 Å². The first kappa shape index (κ1) is 16.8. The number of carbonyl (C=O) groups excluding carboxylic acids is 1. The molecule has 4 atom stereocenters. The second-order valence-electron chi connectivity index (χ2n) is 2.85. The SMILES string of the molecule is COC.N[C@@H](C=O)[C@@H](O)[C@H](O)[C@H](O)CO. The number of hydrogen-bond acceptors (Lipinski definition) is 7. The summed E-state index contributed by atoms with van der Waals surface area (Å²) in [6.07, 6.45) is -4.43. The molecule has 92 valence electrons. The minimum atomic E-state index is -1.62. The van der Waals surface area contributed by atoms with Crippen molar-refractivity contribution in [2.75, 3.05) is 20.8 Å². The van der Waals surface area contributed by atoms with Gasteiger partial charge >= 0.3 is 0 Å². The highest BCUT2D eigenvalue weighted by Crippen LogP contribution is 2.01. The van der Waals surface area contributed by atoms with Gasteiger partial charge in [0.25, 0.3) is 0 Å². The van der Waals surface area contributed by atoms with E-state index in [1.807, 2.05) is 0 Å². The summed E-state index contributed by atoms with van der Waals surface area (Å²) < 4.78 is 4.25. The van der Waals surface area contributed by atoms with E-state index in [9.17, 15) is 4.79 Å². The highest BCUT2D eigenvalue weighted by atomic mass is 16.4. The second-order valence-corrected chi connectivity index (χ2v) is 2.85. The second kappa shape index (κ2) is 9.97. The Morgan fingerprint density at radius 1 is 1.27 bits per heavy atom. The number of rotatable bonds is 5. The molecule has 0 radical (unpaired) electrons. The molecule has 0 aliphatic rings. The fourth-order valence-corrected chi connectivity index (χ4v) is 0.644. The van der Waals surface area contributed by atoms with Crippen molar-refractivity contribution in [3.05, 3.63) is 0 Å². The summed E-state index contributed by atoms with van der Waals surface area (Å²) in [6, 6.07) is -1.26. The van der Waals surface area contributed by atoms with Crippen molar-refractivity contribution in [3.8, 4) is 0 Å². The number of nitrogens with two attached hydrogens (primary N) is 1. The van der Waals surface area contributed by atoms with E-state index in [0.29, 0.717) is 0 Å². The molecule has 0 saturated carbocycles. The molecule has 0 unspecified atom stereocenters. The zero-order valence-corrected chi connectivity index (χ0v) is 8.78. The zero-order valence-electron chi connectivity index (χ0n) is 8.78. The molecule has 7 heteroatoms. The average Bonchev–Trinajstić information content (AvgIpc) is 2.25. The molecule has 7 nitrogen and oxygen atoms in total. The highest BCUT2D eigenvalue weighted by Gasteiger charge is 2.28. The normalized spacial score (nSPS) is 18.1. The average molecular weight is 225 g/mol. The maximum atomic E-state index is 10.0. The number of carbonyl (C=O) groups is 1. The third kappa shape index (κ3) is 7.37. The van der Waals surface area contributed by atoms with E-state index in [4.69, 9.17) is 26.2 Å². The Morgan fingerprint density at radius 2 is 1.67 bits per heavy atom. The molecule has 0 aromatic rings.